The van der Waals surface area contributed by atoms with E-state index in [9.17, 15) is 4.79 Å². The van der Waals surface area contributed by atoms with Crippen molar-refractivity contribution in [2.45, 2.75) is 0 Å². The Morgan fingerprint density at radius 3 is 2.92 bits per heavy atom. The molecule has 1 aromatic carbocycles. The first-order valence-electron chi connectivity index (χ1n) is 3.67. The summed E-state index contributed by atoms with van der Waals surface area (Å²) >= 11 is 3.93. The fraction of sp³-hybridized carbons (Fsp3) is 0.100. The van der Waals surface area contributed by atoms with E-state index < -0.39 is 5.97 Å². The van der Waals surface area contributed by atoms with E-state index in [2.05, 4.69) is 24.5 Å². The van der Waals surface area contributed by atoms with Gasteiger partial charge in [0.25, 0.3) is 0 Å². The van der Waals surface area contributed by atoms with Crippen LogP contribution in [0.4, 0.5) is 0 Å². The second-order valence-corrected chi connectivity index (χ2v) is 2.66. The van der Waals surface area contributed by atoms with Gasteiger partial charge in [0.2, 0.25) is 0 Å². The largest absolute Gasteiger partial charge is 0.478 e. The molecule has 0 bridgehead atoms. The molecular weight excluding hydrogens is 184 g/mol. The Balaban J connectivity index is 2.98. The van der Waals surface area contributed by atoms with Crippen molar-refractivity contribution in [1.82, 2.24) is 0 Å². The molecule has 0 saturated heterocycles. The van der Waals surface area contributed by atoms with Crippen LogP contribution in [0.3, 0.4) is 0 Å². The fourth-order valence-electron chi connectivity index (χ4n) is 0.872. The summed E-state index contributed by atoms with van der Waals surface area (Å²) in [5, 5.41) is 8.67. The van der Waals surface area contributed by atoms with Crippen molar-refractivity contribution < 1.29 is 9.90 Å². The lowest BCUT2D eigenvalue weighted by molar-refractivity contribution is 0.0697. The van der Waals surface area contributed by atoms with Crippen LogP contribution in [0.2, 0.25) is 0 Å². The normalized spacial score (nSPS) is 8.69. The maximum Gasteiger partial charge on any atom is 0.335 e. The zero-order valence-corrected chi connectivity index (χ0v) is 7.71. The van der Waals surface area contributed by atoms with Gasteiger partial charge in [-0.15, -0.1) is 0 Å². The average Bonchev–Trinajstić information content (AvgIpc) is 2.15. The first-order valence-corrected chi connectivity index (χ1v) is 4.30. The number of benzene rings is 1. The SMILES string of the molecule is O=C(O)c1cccc(C#CCS)c1. The molecule has 0 unspecified atom stereocenters. The highest BCUT2D eigenvalue weighted by Gasteiger charge is 2.00. The van der Waals surface area contributed by atoms with Gasteiger partial charge >= 0.3 is 5.97 Å². The third-order valence-corrected chi connectivity index (χ3v) is 1.58. The number of carboxylic acid groups (broad SMARTS) is 1. The van der Waals surface area contributed by atoms with Gasteiger partial charge in [-0.3, -0.25) is 0 Å². The average molecular weight is 192 g/mol. The van der Waals surface area contributed by atoms with Gasteiger partial charge in [-0.05, 0) is 18.2 Å². The maximum atomic E-state index is 10.6. The van der Waals surface area contributed by atoms with Gasteiger partial charge in [0.1, 0.15) is 0 Å². The molecule has 66 valence electrons. The van der Waals surface area contributed by atoms with Crippen LogP contribution in [0.15, 0.2) is 24.3 Å². The van der Waals surface area contributed by atoms with Crippen molar-refractivity contribution in [3.05, 3.63) is 35.4 Å². The third-order valence-electron chi connectivity index (χ3n) is 1.42. The minimum atomic E-state index is -0.936. The molecule has 0 amide bonds. The molecule has 0 aliphatic heterocycles. The number of carboxylic acids is 1. The molecule has 0 atom stereocenters. The van der Waals surface area contributed by atoms with Crippen LogP contribution < -0.4 is 0 Å². The highest BCUT2D eigenvalue weighted by atomic mass is 32.1. The second kappa shape index (κ2) is 4.58. The molecule has 0 aliphatic rings. The molecule has 3 heteroatoms. The maximum absolute atomic E-state index is 10.6. The summed E-state index contributed by atoms with van der Waals surface area (Å²) in [4.78, 5) is 10.6. The van der Waals surface area contributed by atoms with E-state index in [0.717, 1.165) is 0 Å². The number of hydrogen-bond acceptors (Lipinski definition) is 2. The predicted molar refractivity (Wildman–Crippen MR) is 54.1 cm³/mol. The van der Waals surface area contributed by atoms with Gasteiger partial charge in [0.15, 0.2) is 0 Å². The summed E-state index contributed by atoms with van der Waals surface area (Å²) in [7, 11) is 0. The van der Waals surface area contributed by atoms with E-state index >= 15 is 0 Å². The van der Waals surface area contributed by atoms with Gasteiger partial charge in [-0.2, -0.15) is 12.6 Å². The van der Waals surface area contributed by atoms with Crippen molar-refractivity contribution in [2.75, 3.05) is 5.75 Å². The van der Waals surface area contributed by atoms with Crippen LogP contribution in [-0.4, -0.2) is 16.8 Å². The molecule has 0 heterocycles. The van der Waals surface area contributed by atoms with E-state index in [1.165, 1.54) is 6.07 Å². The van der Waals surface area contributed by atoms with E-state index in [4.69, 9.17) is 5.11 Å². The number of carbonyl (C=O) groups is 1. The van der Waals surface area contributed by atoms with Gasteiger partial charge in [0, 0.05) is 5.56 Å². The molecule has 2 nitrogen and oxygen atoms in total. The van der Waals surface area contributed by atoms with Crippen molar-refractivity contribution in [2.24, 2.45) is 0 Å². The standard InChI is InChI=1S/C10H8O2S/c11-10(12)9-5-1-3-8(7-9)4-2-6-13/h1,3,5,7,13H,6H2,(H,11,12). The van der Waals surface area contributed by atoms with Crippen LogP contribution in [-0.2, 0) is 0 Å². The number of rotatable bonds is 1. The second-order valence-electron chi connectivity index (χ2n) is 2.35. The van der Waals surface area contributed by atoms with E-state index in [0.29, 0.717) is 11.3 Å². The smallest absolute Gasteiger partial charge is 0.335 e. The Morgan fingerprint density at radius 2 is 2.31 bits per heavy atom. The number of aromatic carboxylic acids is 1. The Hall–Kier alpha value is -1.40. The van der Waals surface area contributed by atoms with Gasteiger partial charge < -0.3 is 5.11 Å². The summed E-state index contributed by atoms with van der Waals surface area (Å²) in [6, 6.07) is 6.52. The highest BCUT2D eigenvalue weighted by molar-refractivity contribution is 7.80. The van der Waals surface area contributed by atoms with Crippen molar-refractivity contribution >= 4 is 18.6 Å². The Kier molecular flexibility index (Phi) is 3.41. The lowest BCUT2D eigenvalue weighted by atomic mass is 10.1. The topological polar surface area (TPSA) is 37.3 Å². The van der Waals surface area contributed by atoms with Crippen LogP contribution in [0.25, 0.3) is 0 Å². The zero-order valence-electron chi connectivity index (χ0n) is 6.82. The van der Waals surface area contributed by atoms with Crippen LogP contribution in [0.1, 0.15) is 15.9 Å². The molecule has 1 N–H and O–H groups in total. The molecule has 13 heavy (non-hydrogen) atoms. The Bertz CT molecular complexity index is 374. The Morgan fingerprint density at radius 1 is 1.54 bits per heavy atom. The molecule has 1 aromatic rings. The van der Waals surface area contributed by atoms with E-state index in [1.807, 2.05) is 0 Å². The van der Waals surface area contributed by atoms with Crippen LogP contribution in [0.5, 0.6) is 0 Å². The Labute approximate surface area is 82.0 Å². The van der Waals surface area contributed by atoms with Crippen LogP contribution in [0, 0.1) is 11.8 Å². The van der Waals surface area contributed by atoms with Crippen molar-refractivity contribution in [1.29, 1.82) is 0 Å². The van der Waals surface area contributed by atoms with Crippen molar-refractivity contribution in [3.8, 4) is 11.8 Å². The lowest BCUT2D eigenvalue weighted by Gasteiger charge is -1.93. The van der Waals surface area contributed by atoms with Gasteiger partial charge in [-0.25, -0.2) is 4.79 Å². The highest BCUT2D eigenvalue weighted by Crippen LogP contribution is 2.03. The third kappa shape index (κ3) is 2.85. The molecule has 0 saturated carbocycles. The molecular formula is C10H8O2S. The monoisotopic (exact) mass is 192 g/mol. The first-order chi connectivity index (χ1) is 6.24. The molecule has 0 aliphatic carbocycles. The molecule has 0 aromatic heterocycles. The first kappa shape index (κ1) is 9.69. The summed E-state index contributed by atoms with van der Waals surface area (Å²) in [6.45, 7) is 0. The predicted octanol–water partition coefficient (Wildman–Crippen LogP) is 1.67. The lowest BCUT2D eigenvalue weighted by Crippen LogP contribution is -1.95. The van der Waals surface area contributed by atoms with E-state index in [-0.39, 0.29) is 5.56 Å². The molecule has 0 spiro atoms. The molecule has 1 rings (SSSR count). The van der Waals surface area contributed by atoms with Crippen LogP contribution >= 0.6 is 12.6 Å². The summed E-state index contributed by atoms with van der Waals surface area (Å²) in [5.74, 6) is 5.09. The number of hydrogen-bond donors (Lipinski definition) is 2. The minimum Gasteiger partial charge on any atom is -0.478 e. The summed E-state index contributed by atoms with van der Waals surface area (Å²) < 4.78 is 0. The number of thiol groups is 1. The van der Waals surface area contributed by atoms with Gasteiger partial charge in [0.05, 0.1) is 11.3 Å². The van der Waals surface area contributed by atoms with E-state index in [1.54, 1.807) is 18.2 Å². The molecule has 0 fully saturated rings. The minimum absolute atomic E-state index is 0.256. The summed E-state index contributed by atoms with van der Waals surface area (Å²) in [6.07, 6.45) is 0. The quantitative estimate of drug-likeness (QED) is 0.524. The summed E-state index contributed by atoms with van der Waals surface area (Å²) in [5.41, 5.74) is 0.958. The van der Waals surface area contributed by atoms with Crippen molar-refractivity contribution in [3.63, 3.8) is 0 Å². The molecule has 0 radical (unpaired) electrons. The fourth-order valence-corrected chi connectivity index (χ4v) is 0.951. The van der Waals surface area contributed by atoms with Gasteiger partial charge in [-0.1, -0.05) is 17.9 Å². The zero-order chi connectivity index (χ0) is 9.68.